The fourth-order valence-corrected chi connectivity index (χ4v) is 2.03. The molecule has 1 N–H and O–H groups in total. The molecule has 0 amide bonds. The first-order chi connectivity index (χ1) is 9.13. The van der Waals surface area contributed by atoms with Gasteiger partial charge in [-0.25, -0.2) is 0 Å². The summed E-state index contributed by atoms with van der Waals surface area (Å²) in [5.41, 5.74) is 1.20. The molecule has 0 aliphatic heterocycles. The molecule has 0 fully saturated rings. The maximum absolute atomic E-state index is 8.78. The summed E-state index contributed by atoms with van der Waals surface area (Å²) in [5.74, 6) is 0.557. The van der Waals surface area contributed by atoms with Gasteiger partial charge in [-0.05, 0) is 24.6 Å². The van der Waals surface area contributed by atoms with E-state index in [2.05, 4.69) is 49.2 Å². The SMILES string of the molecule is CC(CNC(C)C)CN(CCC#N)c1ccccc1. The molecule has 1 atom stereocenters. The van der Waals surface area contributed by atoms with Crippen molar-refractivity contribution >= 4 is 5.69 Å². The van der Waals surface area contributed by atoms with Crippen molar-refractivity contribution in [3.63, 3.8) is 0 Å². The third-order valence-corrected chi connectivity index (χ3v) is 3.02. The Bertz CT molecular complexity index is 381. The summed E-state index contributed by atoms with van der Waals surface area (Å²) in [7, 11) is 0. The summed E-state index contributed by atoms with van der Waals surface area (Å²) >= 11 is 0. The average molecular weight is 259 g/mol. The summed E-state index contributed by atoms with van der Waals surface area (Å²) in [6, 6.07) is 13.1. The van der Waals surface area contributed by atoms with Gasteiger partial charge in [-0.15, -0.1) is 0 Å². The van der Waals surface area contributed by atoms with Crippen LogP contribution >= 0.6 is 0 Å². The highest BCUT2D eigenvalue weighted by Gasteiger charge is 2.11. The normalized spacial score (nSPS) is 12.2. The summed E-state index contributed by atoms with van der Waals surface area (Å²) in [6.45, 7) is 9.36. The van der Waals surface area contributed by atoms with E-state index in [1.54, 1.807) is 0 Å². The Balaban J connectivity index is 2.57. The van der Waals surface area contributed by atoms with Crippen molar-refractivity contribution in [3.05, 3.63) is 30.3 Å². The van der Waals surface area contributed by atoms with Gasteiger partial charge in [0.05, 0.1) is 12.5 Å². The molecule has 0 aliphatic carbocycles. The van der Waals surface area contributed by atoms with E-state index < -0.39 is 0 Å². The van der Waals surface area contributed by atoms with Gasteiger partial charge in [-0.3, -0.25) is 0 Å². The predicted octanol–water partition coefficient (Wildman–Crippen LogP) is 3.04. The van der Waals surface area contributed by atoms with Gasteiger partial charge in [-0.2, -0.15) is 5.26 Å². The van der Waals surface area contributed by atoms with Crippen molar-refractivity contribution in [2.24, 2.45) is 5.92 Å². The van der Waals surface area contributed by atoms with E-state index in [1.807, 2.05) is 18.2 Å². The van der Waals surface area contributed by atoms with Crippen molar-refractivity contribution in [2.45, 2.75) is 33.2 Å². The van der Waals surface area contributed by atoms with Crippen LogP contribution in [0.3, 0.4) is 0 Å². The van der Waals surface area contributed by atoms with E-state index in [0.717, 1.165) is 19.6 Å². The fourth-order valence-electron chi connectivity index (χ4n) is 2.03. The topological polar surface area (TPSA) is 39.1 Å². The third kappa shape index (κ3) is 6.26. The Hall–Kier alpha value is -1.53. The largest absolute Gasteiger partial charge is 0.370 e. The summed E-state index contributed by atoms with van der Waals surface area (Å²) in [5, 5.41) is 12.2. The molecule has 3 nitrogen and oxygen atoms in total. The lowest BCUT2D eigenvalue weighted by atomic mass is 10.1. The van der Waals surface area contributed by atoms with Crippen LogP contribution in [0.5, 0.6) is 0 Å². The van der Waals surface area contributed by atoms with Gasteiger partial charge in [0.1, 0.15) is 0 Å². The molecule has 1 aromatic rings. The minimum atomic E-state index is 0.520. The van der Waals surface area contributed by atoms with Crippen molar-refractivity contribution in [3.8, 4) is 6.07 Å². The molecule has 0 saturated heterocycles. The van der Waals surface area contributed by atoms with Crippen LogP contribution in [0.1, 0.15) is 27.2 Å². The molecular formula is C16H25N3. The molecule has 0 spiro atoms. The summed E-state index contributed by atoms with van der Waals surface area (Å²) in [6.07, 6.45) is 0.569. The van der Waals surface area contributed by atoms with E-state index in [0.29, 0.717) is 18.4 Å². The Morgan fingerprint density at radius 3 is 2.47 bits per heavy atom. The van der Waals surface area contributed by atoms with Gasteiger partial charge in [0.15, 0.2) is 0 Å². The standard InChI is InChI=1S/C16H25N3/c1-14(2)18-12-15(3)13-19(11-7-10-17)16-8-5-4-6-9-16/h4-6,8-9,14-15,18H,7,11-13H2,1-3H3. The molecule has 1 unspecified atom stereocenters. The first-order valence-corrected chi connectivity index (χ1v) is 7.03. The van der Waals surface area contributed by atoms with Crippen LogP contribution in [-0.2, 0) is 0 Å². The van der Waals surface area contributed by atoms with Crippen LogP contribution in [-0.4, -0.2) is 25.7 Å². The number of para-hydroxylation sites is 1. The number of hydrogen-bond donors (Lipinski definition) is 1. The lowest BCUT2D eigenvalue weighted by Gasteiger charge is -2.27. The first kappa shape index (κ1) is 15.5. The lowest BCUT2D eigenvalue weighted by molar-refractivity contribution is 0.472. The van der Waals surface area contributed by atoms with Crippen LogP contribution in [0.2, 0.25) is 0 Å². The second-order valence-corrected chi connectivity index (χ2v) is 5.36. The number of nitrogens with one attached hydrogen (secondary N) is 1. The number of benzene rings is 1. The maximum atomic E-state index is 8.78. The smallest absolute Gasteiger partial charge is 0.0640 e. The third-order valence-electron chi connectivity index (χ3n) is 3.02. The van der Waals surface area contributed by atoms with Crippen molar-refractivity contribution in [1.82, 2.24) is 5.32 Å². The van der Waals surface area contributed by atoms with Crippen LogP contribution in [0.25, 0.3) is 0 Å². The molecule has 3 heteroatoms. The summed E-state index contributed by atoms with van der Waals surface area (Å²) in [4.78, 5) is 2.30. The van der Waals surface area contributed by atoms with E-state index in [4.69, 9.17) is 5.26 Å². The molecule has 0 radical (unpaired) electrons. The second kappa shape index (κ2) is 8.55. The maximum Gasteiger partial charge on any atom is 0.0640 e. The molecule has 1 aromatic carbocycles. The molecule has 104 valence electrons. The highest BCUT2D eigenvalue weighted by Crippen LogP contribution is 2.15. The zero-order chi connectivity index (χ0) is 14.1. The Kier molecular flexibility index (Phi) is 6.99. The average Bonchev–Trinajstić information content (AvgIpc) is 2.42. The molecule has 0 aliphatic rings. The van der Waals surface area contributed by atoms with E-state index in [9.17, 15) is 0 Å². The Morgan fingerprint density at radius 1 is 1.21 bits per heavy atom. The quantitative estimate of drug-likeness (QED) is 0.780. The molecule has 0 aromatic heterocycles. The van der Waals surface area contributed by atoms with Crippen molar-refractivity contribution in [1.29, 1.82) is 5.26 Å². The van der Waals surface area contributed by atoms with Gasteiger partial charge in [0.2, 0.25) is 0 Å². The fraction of sp³-hybridized carbons (Fsp3) is 0.562. The van der Waals surface area contributed by atoms with E-state index in [1.165, 1.54) is 5.69 Å². The molecule has 19 heavy (non-hydrogen) atoms. The zero-order valence-electron chi connectivity index (χ0n) is 12.3. The van der Waals surface area contributed by atoms with Gasteiger partial charge >= 0.3 is 0 Å². The second-order valence-electron chi connectivity index (χ2n) is 5.36. The zero-order valence-corrected chi connectivity index (χ0v) is 12.3. The Labute approximate surface area is 117 Å². The predicted molar refractivity (Wildman–Crippen MR) is 81.2 cm³/mol. The van der Waals surface area contributed by atoms with Gasteiger partial charge in [-0.1, -0.05) is 39.0 Å². The highest BCUT2D eigenvalue weighted by atomic mass is 15.1. The van der Waals surface area contributed by atoms with Crippen LogP contribution in [0, 0.1) is 17.2 Å². The van der Waals surface area contributed by atoms with Crippen molar-refractivity contribution < 1.29 is 0 Å². The number of nitrogens with zero attached hydrogens (tertiary/aromatic N) is 2. The summed E-state index contributed by atoms with van der Waals surface area (Å²) < 4.78 is 0. The van der Waals surface area contributed by atoms with E-state index in [-0.39, 0.29) is 0 Å². The monoisotopic (exact) mass is 259 g/mol. The minimum absolute atomic E-state index is 0.520. The molecule has 1 rings (SSSR count). The Morgan fingerprint density at radius 2 is 1.89 bits per heavy atom. The molecular weight excluding hydrogens is 234 g/mol. The number of nitriles is 1. The van der Waals surface area contributed by atoms with Crippen LogP contribution in [0.15, 0.2) is 30.3 Å². The van der Waals surface area contributed by atoms with Crippen LogP contribution in [0.4, 0.5) is 5.69 Å². The van der Waals surface area contributed by atoms with E-state index >= 15 is 0 Å². The molecule has 0 saturated carbocycles. The molecule has 0 bridgehead atoms. The van der Waals surface area contributed by atoms with Gasteiger partial charge in [0, 0.05) is 24.8 Å². The highest BCUT2D eigenvalue weighted by molar-refractivity contribution is 5.46. The number of rotatable bonds is 8. The van der Waals surface area contributed by atoms with Gasteiger partial charge < -0.3 is 10.2 Å². The number of anilines is 1. The van der Waals surface area contributed by atoms with Gasteiger partial charge in [0.25, 0.3) is 0 Å². The molecule has 0 heterocycles. The number of hydrogen-bond acceptors (Lipinski definition) is 3. The van der Waals surface area contributed by atoms with Crippen LogP contribution < -0.4 is 10.2 Å². The lowest BCUT2D eigenvalue weighted by Crippen LogP contribution is -2.36. The van der Waals surface area contributed by atoms with Crippen molar-refractivity contribution in [2.75, 3.05) is 24.5 Å². The minimum Gasteiger partial charge on any atom is -0.370 e. The first-order valence-electron chi connectivity index (χ1n) is 7.03.